The number of ether oxygens (including phenoxy) is 1. The van der Waals surface area contributed by atoms with Crippen LogP contribution in [-0.2, 0) is 4.74 Å². The van der Waals surface area contributed by atoms with Crippen LogP contribution in [0.5, 0.6) is 0 Å². The van der Waals surface area contributed by atoms with Crippen molar-refractivity contribution < 1.29 is 9.53 Å². The molecule has 0 aromatic carbocycles. The number of nitrogens with one attached hydrogen (secondary N) is 1. The normalized spacial score (nSPS) is 25.9. The molecule has 1 fully saturated rings. The summed E-state index contributed by atoms with van der Waals surface area (Å²) in [6, 6.07) is 0.121. The van der Waals surface area contributed by atoms with Crippen LogP contribution in [0.2, 0.25) is 0 Å². The van der Waals surface area contributed by atoms with E-state index in [1.807, 2.05) is 4.90 Å². The Kier molecular flexibility index (Phi) is 5.89. The van der Waals surface area contributed by atoms with Crippen LogP contribution in [-0.4, -0.2) is 44.3 Å². The molecule has 2 amide bonds. The van der Waals surface area contributed by atoms with E-state index in [1.165, 1.54) is 19.3 Å². The lowest BCUT2D eigenvalue weighted by atomic mass is 9.71. The Morgan fingerprint density at radius 2 is 2.25 bits per heavy atom. The maximum atomic E-state index is 12.2. The molecule has 1 aliphatic heterocycles. The molecular weight excluding hydrogens is 252 g/mol. The van der Waals surface area contributed by atoms with Gasteiger partial charge in [0.2, 0.25) is 0 Å². The monoisotopic (exact) mass is 280 g/mol. The highest BCUT2D eigenvalue weighted by Gasteiger charge is 2.36. The van der Waals surface area contributed by atoms with Crippen molar-refractivity contribution in [3.05, 3.63) is 12.2 Å². The highest BCUT2D eigenvalue weighted by atomic mass is 16.5. The molecule has 1 spiro atoms. The number of likely N-dealkylation sites (tertiary alicyclic amines) is 1. The molecule has 1 heterocycles. The number of carbonyl (C=O) groups excluding carboxylic acids is 1. The van der Waals surface area contributed by atoms with Crippen molar-refractivity contribution in [2.75, 3.05) is 33.4 Å². The van der Waals surface area contributed by atoms with Crippen LogP contribution in [0.25, 0.3) is 0 Å². The third kappa shape index (κ3) is 4.23. The van der Waals surface area contributed by atoms with E-state index in [1.54, 1.807) is 7.11 Å². The van der Waals surface area contributed by atoms with E-state index in [4.69, 9.17) is 4.74 Å². The number of urea groups is 1. The zero-order valence-corrected chi connectivity index (χ0v) is 12.7. The lowest BCUT2D eigenvalue weighted by molar-refractivity contribution is 0.0959. The Labute approximate surface area is 122 Å². The Morgan fingerprint density at radius 3 is 3.00 bits per heavy atom. The summed E-state index contributed by atoms with van der Waals surface area (Å²) in [5.41, 5.74) is 0.361. The van der Waals surface area contributed by atoms with Crippen LogP contribution in [0.4, 0.5) is 4.79 Å². The highest BCUT2D eigenvalue weighted by molar-refractivity contribution is 5.74. The summed E-state index contributed by atoms with van der Waals surface area (Å²) in [4.78, 5) is 14.2. The van der Waals surface area contributed by atoms with E-state index in [0.717, 1.165) is 51.9 Å². The molecule has 2 aliphatic rings. The molecule has 0 aromatic heterocycles. The van der Waals surface area contributed by atoms with Gasteiger partial charge in [-0.3, -0.25) is 0 Å². The minimum Gasteiger partial charge on any atom is -0.385 e. The summed E-state index contributed by atoms with van der Waals surface area (Å²) in [5, 5.41) is 3.05. The first-order valence-corrected chi connectivity index (χ1v) is 7.92. The molecule has 0 saturated carbocycles. The summed E-state index contributed by atoms with van der Waals surface area (Å²) in [6.07, 6.45) is 12.5. The second-order valence-electron chi connectivity index (χ2n) is 6.17. The van der Waals surface area contributed by atoms with Crippen LogP contribution >= 0.6 is 0 Å². The second kappa shape index (κ2) is 7.67. The van der Waals surface area contributed by atoms with Crippen molar-refractivity contribution in [1.29, 1.82) is 0 Å². The van der Waals surface area contributed by atoms with Crippen LogP contribution in [0.1, 0.15) is 44.9 Å². The number of hydrogen-bond donors (Lipinski definition) is 1. The number of hydrogen-bond acceptors (Lipinski definition) is 2. The van der Waals surface area contributed by atoms with Gasteiger partial charge in [0.1, 0.15) is 0 Å². The van der Waals surface area contributed by atoms with E-state index in [9.17, 15) is 4.79 Å². The van der Waals surface area contributed by atoms with E-state index < -0.39 is 0 Å². The molecule has 4 heteroatoms. The van der Waals surface area contributed by atoms with Gasteiger partial charge in [0.05, 0.1) is 0 Å². The van der Waals surface area contributed by atoms with Gasteiger partial charge >= 0.3 is 6.03 Å². The molecule has 0 aromatic rings. The van der Waals surface area contributed by atoms with Crippen molar-refractivity contribution in [2.45, 2.75) is 44.9 Å². The Morgan fingerprint density at radius 1 is 1.35 bits per heavy atom. The van der Waals surface area contributed by atoms with Gasteiger partial charge in [-0.25, -0.2) is 4.79 Å². The number of piperidine rings is 1. The Bertz CT molecular complexity index is 343. The first kappa shape index (κ1) is 15.4. The van der Waals surface area contributed by atoms with E-state index in [2.05, 4.69) is 17.5 Å². The SMILES string of the molecule is COCCCCNC(=O)N1CCC[C@@]2(CC=CCC2)C1. The standard InChI is InChI=1S/C16H28N2O2/c1-20-13-6-5-11-17-15(19)18-12-7-10-16(14-18)8-3-2-4-9-16/h2-3H,4-14H2,1H3,(H,17,19)/t16-/m0/s1. The van der Waals surface area contributed by atoms with E-state index in [0.29, 0.717) is 5.41 Å². The van der Waals surface area contributed by atoms with Crippen molar-refractivity contribution >= 4 is 6.03 Å². The predicted molar refractivity (Wildman–Crippen MR) is 80.7 cm³/mol. The molecular formula is C16H28N2O2. The summed E-state index contributed by atoms with van der Waals surface area (Å²) in [5.74, 6) is 0. The van der Waals surface area contributed by atoms with Crippen LogP contribution in [0.15, 0.2) is 12.2 Å². The summed E-state index contributed by atoms with van der Waals surface area (Å²) >= 11 is 0. The molecule has 1 aliphatic carbocycles. The molecule has 1 atom stereocenters. The lowest BCUT2D eigenvalue weighted by Gasteiger charge is -2.43. The average molecular weight is 280 g/mol. The van der Waals surface area contributed by atoms with Crippen LogP contribution in [0.3, 0.4) is 0 Å². The summed E-state index contributed by atoms with van der Waals surface area (Å²) in [6.45, 7) is 3.37. The van der Waals surface area contributed by atoms with Gasteiger partial charge in [0.15, 0.2) is 0 Å². The minimum atomic E-state index is 0.121. The average Bonchev–Trinajstić information content (AvgIpc) is 2.48. The quantitative estimate of drug-likeness (QED) is 0.621. The van der Waals surface area contributed by atoms with Crippen molar-refractivity contribution in [3.8, 4) is 0 Å². The number of allylic oxidation sites excluding steroid dienone is 2. The minimum absolute atomic E-state index is 0.121. The third-order valence-corrected chi connectivity index (χ3v) is 4.56. The number of unbranched alkanes of at least 4 members (excludes halogenated alkanes) is 1. The number of rotatable bonds is 5. The van der Waals surface area contributed by atoms with Crippen molar-refractivity contribution in [3.63, 3.8) is 0 Å². The number of carbonyl (C=O) groups is 1. The molecule has 114 valence electrons. The van der Waals surface area contributed by atoms with Gasteiger partial charge in [0.25, 0.3) is 0 Å². The highest BCUT2D eigenvalue weighted by Crippen LogP contribution is 2.40. The molecule has 0 radical (unpaired) electrons. The molecule has 2 rings (SSSR count). The van der Waals surface area contributed by atoms with E-state index >= 15 is 0 Å². The fraction of sp³-hybridized carbons (Fsp3) is 0.812. The van der Waals surface area contributed by atoms with E-state index in [-0.39, 0.29) is 6.03 Å². The van der Waals surface area contributed by atoms with Gasteiger partial charge in [-0.2, -0.15) is 0 Å². The zero-order chi connectivity index (χ0) is 14.3. The number of amides is 2. The summed E-state index contributed by atoms with van der Waals surface area (Å²) < 4.78 is 5.01. The van der Waals surface area contributed by atoms with Crippen molar-refractivity contribution in [2.24, 2.45) is 5.41 Å². The zero-order valence-electron chi connectivity index (χ0n) is 12.7. The van der Waals surface area contributed by atoms with Crippen LogP contribution < -0.4 is 5.32 Å². The molecule has 0 bridgehead atoms. The van der Waals surface area contributed by atoms with Gasteiger partial charge < -0.3 is 15.0 Å². The topological polar surface area (TPSA) is 41.6 Å². The maximum absolute atomic E-state index is 12.2. The van der Waals surface area contributed by atoms with Gasteiger partial charge in [0, 0.05) is 33.4 Å². The third-order valence-electron chi connectivity index (χ3n) is 4.56. The molecule has 4 nitrogen and oxygen atoms in total. The largest absolute Gasteiger partial charge is 0.385 e. The van der Waals surface area contributed by atoms with Crippen LogP contribution in [0, 0.1) is 5.41 Å². The second-order valence-corrected chi connectivity index (χ2v) is 6.17. The van der Waals surface area contributed by atoms with Crippen molar-refractivity contribution in [1.82, 2.24) is 10.2 Å². The van der Waals surface area contributed by atoms with Gasteiger partial charge in [-0.05, 0) is 50.4 Å². The first-order valence-electron chi connectivity index (χ1n) is 7.92. The Hall–Kier alpha value is -1.03. The summed E-state index contributed by atoms with van der Waals surface area (Å²) in [7, 11) is 1.71. The maximum Gasteiger partial charge on any atom is 0.317 e. The molecule has 1 saturated heterocycles. The number of nitrogens with zero attached hydrogens (tertiary/aromatic N) is 1. The fourth-order valence-electron chi connectivity index (χ4n) is 3.37. The number of methoxy groups -OCH3 is 1. The van der Waals surface area contributed by atoms with Gasteiger partial charge in [-0.1, -0.05) is 12.2 Å². The first-order chi connectivity index (χ1) is 9.76. The molecule has 1 N–H and O–H groups in total. The molecule has 20 heavy (non-hydrogen) atoms. The molecule has 0 unspecified atom stereocenters. The predicted octanol–water partition coefficient (Wildman–Crippen LogP) is 2.94. The smallest absolute Gasteiger partial charge is 0.317 e. The van der Waals surface area contributed by atoms with Gasteiger partial charge in [-0.15, -0.1) is 0 Å². The Balaban J connectivity index is 1.74. The fourth-order valence-corrected chi connectivity index (χ4v) is 3.37. The lowest BCUT2D eigenvalue weighted by Crippen LogP contribution is -2.50.